The van der Waals surface area contributed by atoms with E-state index in [9.17, 15) is 41.1 Å². The molecule has 0 aliphatic carbocycles. The molecule has 2 aromatic carbocycles. The van der Waals surface area contributed by atoms with Crippen LogP contribution in [-0.2, 0) is 19.2 Å². The van der Waals surface area contributed by atoms with Crippen LogP contribution in [0.5, 0.6) is 0 Å². The summed E-state index contributed by atoms with van der Waals surface area (Å²) in [5.74, 6) is -12.5. The molecule has 0 heterocycles. The third-order valence-corrected chi connectivity index (χ3v) is 6.04. The topological polar surface area (TPSA) is 104 Å². The van der Waals surface area contributed by atoms with Crippen LogP contribution in [0.25, 0.3) is 6.08 Å². The fourth-order valence-corrected chi connectivity index (χ4v) is 4.03. The van der Waals surface area contributed by atoms with Gasteiger partial charge in [-0.25, -0.2) is 0 Å². The Morgan fingerprint density at radius 3 is 1.93 bits per heavy atom. The summed E-state index contributed by atoms with van der Waals surface area (Å²) in [6, 6.07) is 6.40. The maximum atomic E-state index is 14.6. The van der Waals surface area contributed by atoms with Gasteiger partial charge in [0.05, 0.1) is 6.04 Å². The molecule has 0 spiro atoms. The van der Waals surface area contributed by atoms with E-state index < -0.39 is 60.1 Å². The van der Waals surface area contributed by atoms with Gasteiger partial charge in [0.1, 0.15) is 12.6 Å². The molecule has 15 heteroatoms. The molecule has 7 nitrogen and oxygen atoms in total. The summed E-state index contributed by atoms with van der Waals surface area (Å²) in [6.07, 6.45) is -2.62. The highest BCUT2D eigenvalue weighted by Crippen LogP contribution is 2.24. The summed E-state index contributed by atoms with van der Waals surface area (Å²) in [6.45, 7) is 0.440. The van der Waals surface area contributed by atoms with E-state index in [-0.39, 0.29) is 10.6 Å². The standard InChI is InChI=1S/C26H23Cl3F5N3O4/c1-13(2)20(22(39)26(33,34)24(41)35-12-25(30,31)32)37-23(40)21(15-4-6-16(27)7-5-15)36-19(38)8-3-14-9-17(28)11-18(29)10-14/h3-11,13,20-21H,12H2,1-2H3,(H,35,41)(H,36,38)(H,37,40)/b8-3+/t20-,21-/m0/s1. The van der Waals surface area contributed by atoms with Gasteiger partial charge in [0.15, 0.2) is 0 Å². The molecule has 2 aromatic rings. The number of carbonyl (C=O) groups is 4. The summed E-state index contributed by atoms with van der Waals surface area (Å²) in [4.78, 5) is 50.3. The van der Waals surface area contributed by atoms with Gasteiger partial charge in [-0.15, -0.1) is 0 Å². The Morgan fingerprint density at radius 1 is 0.854 bits per heavy atom. The van der Waals surface area contributed by atoms with Crippen molar-refractivity contribution in [2.75, 3.05) is 6.54 Å². The number of nitrogens with one attached hydrogen (secondary N) is 3. The zero-order chi connectivity index (χ0) is 31.1. The van der Waals surface area contributed by atoms with Gasteiger partial charge in [0.25, 0.3) is 5.91 Å². The van der Waals surface area contributed by atoms with Crippen molar-refractivity contribution < 1.29 is 41.1 Å². The van der Waals surface area contributed by atoms with Crippen LogP contribution in [0, 0.1) is 5.92 Å². The smallest absolute Gasteiger partial charge is 0.344 e. The Labute approximate surface area is 246 Å². The van der Waals surface area contributed by atoms with E-state index >= 15 is 0 Å². The number of carbonyl (C=O) groups excluding carboxylic acids is 4. The van der Waals surface area contributed by atoms with Crippen LogP contribution in [0.4, 0.5) is 22.0 Å². The molecule has 0 aromatic heterocycles. The van der Waals surface area contributed by atoms with Crippen LogP contribution >= 0.6 is 34.8 Å². The lowest BCUT2D eigenvalue weighted by atomic mass is 9.94. The third kappa shape index (κ3) is 10.3. The lowest BCUT2D eigenvalue weighted by molar-refractivity contribution is -0.165. The molecule has 222 valence electrons. The maximum Gasteiger partial charge on any atom is 0.405 e. The lowest BCUT2D eigenvalue weighted by Gasteiger charge is -2.27. The number of alkyl halides is 5. The first kappa shape index (κ1) is 34.0. The van der Waals surface area contributed by atoms with E-state index in [2.05, 4.69) is 10.6 Å². The van der Waals surface area contributed by atoms with Gasteiger partial charge in [-0.2, -0.15) is 22.0 Å². The average Bonchev–Trinajstić information content (AvgIpc) is 2.86. The van der Waals surface area contributed by atoms with Gasteiger partial charge in [-0.05, 0) is 53.5 Å². The van der Waals surface area contributed by atoms with E-state index in [1.807, 2.05) is 0 Å². The quantitative estimate of drug-likeness (QED) is 0.170. The predicted octanol–water partition coefficient (Wildman–Crippen LogP) is 5.54. The molecule has 0 aliphatic heterocycles. The first-order valence-corrected chi connectivity index (χ1v) is 12.8. The Hall–Kier alpha value is -3.22. The monoisotopic (exact) mass is 641 g/mol. The third-order valence-electron chi connectivity index (χ3n) is 5.36. The van der Waals surface area contributed by atoms with Crippen molar-refractivity contribution in [2.24, 2.45) is 5.92 Å². The van der Waals surface area contributed by atoms with E-state index in [4.69, 9.17) is 34.8 Å². The molecule has 41 heavy (non-hydrogen) atoms. The molecular weight excluding hydrogens is 620 g/mol. The second-order valence-corrected chi connectivity index (χ2v) is 10.3. The number of ketones is 1. The average molecular weight is 643 g/mol. The Balaban J connectivity index is 2.30. The van der Waals surface area contributed by atoms with E-state index in [0.717, 1.165) is 11.4 Å². The highest BCUT2D eigenvalue weighted by atomic mass is 35.5. The number of Topliss-reactive ketones (excluding diaryl/α,β-unsaturated/α-hetero) is 1. The molecule has 2 atom stereocenters. The van der Waals surface area contributed by atoms with Crippen molar-refractivity contribution in [3.05, 3.63) is 74.7 Å². The van der Waals surface area contributed by atoms with Crippen molar-refractivity contribution >= 4 is 64.4 Å². The number of hydrogen-bond donors (Lipinski definition) is 3. The fourth-order valence-electron chi connectivity index (χ4n) is 3.36. The van der Waals surface area contributed by atoms with Crippen LogP contribution in [0.1, 0.15) is 31.0 Å². The summed E-state index contributed by atoms with van der Waals surface area (Å²) in [5, 5.41) is 6.29. The van der Waals surface area contributed by atoms with Gasteiger partial charge in [0.2, 0.25) is 17.6 Å². The summed E-state index contributed by atoms with van der Waals surface area (Å²) in [5.41, 5.74) is 0.589. The van der Waals surface area contributed by atoms with Crippen molar-refractivity contribution in [3.63, 3.8) is 0 Å². The Kier molecular flexibility index (Phi) is 11.7. The van der Waals surface area contributed by atoms with Crippen molar-refractivity contribution in [1.29, 1.82) is 0 Å². The second-order valence-electron chi connectivity index (χ2n) is 9.00. The normalized spacial score (nSPS) is 13.5. The van der Waals surface area contributed by atoms with Gasteiger partial charge < -0.3 is 16.0 Å². The molecule has 2 rings (SSSR count). The van der Waals surface area contributed by atoms with Gasteiger partial charge in [0, 0.05) is 21.1 Å². The number of rotatable bonds is 11. The molecule has 0 saturated heterocycles. The second kappa shape index (κ2) is 14.1. The SMILES string of the molecule is CC(C)[C@H](NC(=O)[C@@H](NC(=O)/C=C/c1cc(Cl)cc(Cl)c1)c1ccc(Cl)cc1)C(=O)C(F)(F)C(=O)NCC(F)(F)F. The van der Waals surface area contributed by atoms with Crippen LogP contribution in [0.3, 0.4) is 0 Å². The molecule has 0 unspecified atom stereocenters. The lowest BCUT2D eigenvalue weighted by Crippen LogP contribution is -2.58. The van der Waals surface area contributed by atoms with Crippen molar-refractivity contribution in [3.8, 4) is 0 Å². The molecule has 3 N–H and O–H groups in total. The van der Waals surface area contributed by atoms with E-state index in [1.165, 1.54) is 62.4 Å². The van der Waals surface area contributed by atoms with Crippen molar-refractivity contribution in [1.82, 2.24) is 16.0 Å². The highest BCUT2D eigenvalue weighted by molar-refractivity contribution is 6.34. The minimum absolute atomic E-state index is 0.143. The molecule has 3 amide bonds. The molecular formula is C26H23Cl3F5N3O4. The molecule has 0 saturated carbocycles. The predicted molar refractivity (Wildman–Crippen MR) is 144 cm³/mol. The first-order chi connectivity index (χ1) is 18.9. The largest absolute Gasteiger partial charge is 0.405 e. The molecule has 0 aliphatic rings. The number of amides is 3. The number of halogens is 8. The minimum atomic E-state index is -5.00. The highest BCUT2D eigenvalue weighted by Gasteiger charge is 2.52. The maximum absolute atomic E-state index is 14.6. The fraction of sp³-hybridized carbons (Fsp3) is 0.308. The van der Waals surface area contributed by atoms with Gasteiger partial charge in [-0.3, -0.25) is 19.2 Å². The number of benzene rings is 2. The number of hydrogen-bond acceptors (Lipinski definition) is 4. The van der Waals surface area contributed by atoms with Crippen molar-refractivity contribution in [2.45, 2.75) is 38.0 Å². The summed E-state index contributed by atoms with van der Waals surface area (Å²) < 4.78 is 66.2. The van der Waals surface area contributed by atoms with Crippen LogP contribution in [0.15, 0.2) is 48.5 Å². The summed E-state index contributed by atoms with van der Waals surface area (Å²) in [7, 11) is 0. The van der Waals surface area contributed by atoms with E-state index in [1.54, 1.807) is 0 Å². The van der Waals surface area contributed by atoms with Crippen LogP contribution in [-0.4, -0.2) is 48.2 Å². The van der Waals surface area contributed by atoms with Crippen LogP contribution < -0.4 is 16.0 Å². The van der Waals surface area contributed by atoms with Gasteiger partial charge >= 0.3 is 12.1 Å². The molecule has 0 bridgehead atoms. The molecule has 0 radical (unpaired) electrons. The van der Waals surface area contributed by atoms with E-state index in [0.29, 0.717) is 15.6 Å². The van der Waals surface area contributed by atoms with Gasteiger partial charge in [-0.1, -0.05) is 60.8 Å². The van der Waals surface area contributed by atoms with Crippen LogP contribution in [0.2, 0.25) is 15.1 Å². The summed E-state index contributed by atoms with van der Waals surface area (Å²) >= 11 is 17.8. The Bertz CT molecular complexity index is 1300. The first-order valence-electron chi connectivity index (χ1n) is 11.7. The zero-order valence-corrected chi connectivity index (χ0v) is 23.6. The Morgan fingerprint density at radius 2 is 1.41 bits per heavy atom. The minimum Gasteiger partial charge on any atom is -0.344 e. The zero-order valence-electron chi connectivity index (χ0n) is 21.3. The molecule has 0 fully saturated rings.